The second kappa shape index (κ2) is 12.2. The van der Waals surface area contributed by atoms with Gasteiger partial charge in [0, 0.05) is 38.6 Å². The molecule has 220 valence electrons. The quantitative estimate of drug-likeness (QED) is 0.414. The van der Waals surface area contributed by atoms with Crippen molar-refractivity contribution in [2.75, 3.05) is 51.3 Å². The third-order valence-electron chi connectivity index (χ3n) is 7.53. The minimum Gasteiger partial charge on any atom is -0.497 e. The topological polar surface area (TPSA) is 120 Å². The zero-order valence-corrected chi connectivity index (χ0v) is 22.9. The monoisotopic (exact) mass is 582 g/mol. The normalized spacial score (nSPS) is 17.7. The molecule has 2 aliphatic heterocycles. The summed E-state index contributed by atoms with van der Waals surface area (Å²) in [4.78, 5) is 39.3. The van der Waals surface area contributed by atoms with Crippen molar-refractivity contribution in [3.05, 3.63) is 75.5 Å². The van der Waals surface area contributed by atoms with E-state index in [1.807, 2.05) is 23.1 Å². The van der Waals surface area contributed by atoms with Crippen LogP contribution in [0.5, 0.6) is 5.75 Å². The minimum absolute atomic E-state index is 0.00621. The van der Waals surface area contributed by atoms with E-state index in [0.717, 1.165) is 30.8 Å². The van der Waals surface area contributed by atoms with Crippen LogP contribution in [0.4, 0.5) is 19.1 Å². The lowest BCUT2D eigenvalue weighted by atomic mass is 10.1. The third kappa shape index (κ3) is 6.36. The summed E-state index contributed by atoms with van der Waals surface area (Å²) in [6, 6.07) is 10.5. The number of halogens is 3. The average molecular weight is 583 g/mol. The van der Waals surface area contributed by atoms with Crippen LogP contribution in [0.2, 0.25) is 0 Å². The van der Waals surface area contributed by atoms with Crippen molar-refractivity contribution in [1.82, 2.24) is 29.5 Å². The number of methoxy groups -OCH3 is 1. The van der Waals surface area contributed by atoms with Crippen LogP contribution in [0.15, 0.2) is 47.5 Å². The molecule has 0 N–H and O–H groups in total. The van der Waals surface area contributed by atoms with Gasteiger partial charge in [-0.2, -0.15) is 23.5 Å². The largest absolute Gasteiger partial charge is 0.497 e. The molecule has 3 aromatic rings. The Balaban J connectivity index is 1.24. The van der Waals surface area contributed by atoms with Crippen LogP contribution in [0, 0.1) is 11.3 Å². The third-order valence-corrected chi connectivity index (χ3v) is 7.53. The minimum atomic E-state index is -4.50. The Morgan fingerprint density at radius 2 is 1.79 bits per heavy atom. The number of piperazine rings is 1. The molecule has 0 spiro atoms. The number of anilines is 1. The van der Waals surface area contributed by atoms with E-state index in [2.05, 4.69) is 15.1 Å². The fourth-order valence-electron chi connectivity index (χ4n) is 5.23. The van der Waals surface area contributed by atoms with Crippen molar-refractivity contribution in [3.63, 3.8) is 0 Å². The number of likely N-dealkylation sites (tertiary alicyclic amines) is 1. The first-order valence-electron chi connectivity index (χ1n) is 13.5. The number of alkyl halides is 3. The SMILES string of the molecule is COc1ccc(Cn2nc(C3CCCN3CC(=O)N3CCN(c4ncc(C(F)(F)F)cn4)CC3)cc(C#N)c2=O)cc1. The Morgan fingerprint density at radius 1 is 1.10 bits per heavy atom. The van der Waals surface area contributed by atoms with Gasteiger partial charge in [0.2, 0.25) is 11.9 Å². The fourth-order valence-corrected chi connectivity index (χ4v) is 5.23. The molecule has 5 rings (SSSR count). The lowest BCUT2D eigenvalue weighted by molar-refractivity contribution is -0.138. The number of amides is 1. The number of hydrogen-bond donors (Lipinski definition) is 0. The number of hydrogen-bond acceptors (Lipinski definition) is 9. The molecule has 0 bridgehead atoms. The van der Waals surface area contributed by atoms with E-state index in [1.54, 1.807) is 29.0 Å². The van der Waals surface area contributed by atoms with Gasteiger partial charge in [-0.25, -0.2) is 14.6 Å². The molecule has 1 aromatic carbocycles. The van der Waals surface area contributed by atoms with Gasteiger partial charge in [0.25, 0.3) is 5.56 Å². The number of nitrogens with zero attached hydrogens (tertiary/aromatic N) is 8. The zero-order valence-electron chi connectivity index (χ0n) is 22.9. The number of carbonyl (C=O) groups excluding carboxylic acids is 1. The van der Waals surface area contributed by atoms with Gasteiger partial charge in [-0.15, -0.1) is 0 Å². The summed E-state index contributed by atoms with van der Waals surface area (Å²) in [7, 11) is 1.57. The molecule has 1 atom stereocenters. The van der Waals surface area contributed by atoms with Crippen LogP contribution in [-0.2, 0) is 17.5 Å². The Hall–Kier alpha value is -4.51. The van der Waals surface area contributed by atoms with Crippen molar-refractivity contribution in [3.8, 4) is 11.8 Å². The van der Waals surface area contributed by atoms with Gasteiger partial charge in [0.1, 0.15) is 17.4 Å². The van der Waals surface area contributed by atoms with Crippen molar-refractivity contribution >= 4 is 11.9 Å². The summed E-state index contributed by atoms with van der Waals surface area (Å²) in [5.41, 5.74) is -0.00592. The molecule has 1 unspecified atom stereocenters. The Morgan fingerprint density at radius 3 is 2.40 bits per heavy atom. The molecule has 1 amide bonds. The first-order valence-corrected chi connectivity index (χ1v) is 13.5. The maximum Gasteiger partial charge on any atom is 0.419 e. The molecular formula is C28H29F3N8O3. The van der Waals surface area contributed by atoms with E-state index in [0.29, 0.717) is 44.2 Å². The molecular weight excluding hydrogens is 553 g/mol. The number of benzene rings is 1. The molecule has 2 saturated heterocycles. The van der Waals surface area contributed by atoms with Gasteiger partial charge in [0.05, 0.1) is 37.5 Å². The van der Waals surface area contributed by atoms with Gasteiger partial charge in [-0.1, -0.05) is 12.1 Å². The van der Waals surface area contributed by atoms with Crippen LogP contribution in [0.3, 0.4) is 0 Å². The van der Waals surface area contributed by atoms with Gasteiger partial charge in [-0.3, -0.25) is 14.5 Å². The van der Waals surface area contributed by atoms with Crippen LogP contribution in [-0.4, -0.2) is 81.8 Å². The zero-order chi connectivity index (χ0) is 29.9. The molecule has 2 aromatic heterocycles. The fraction of sp³-hybridized carbons (Fsp3) is 0.429. The van der Waals surface area contributed by atoms with Gasteiger partial charge in [-0.05, 0) is 43.1 Å². The number of aromatic nitrogens is 4. The maximum absolute atomic E-state index is 13.2. The molecule has 2 aliphatic rings. The van der Waals surface area contributed by atoms with Crippen molar-refractivity contribution < 1.29 is 22.7 Å². The second-order valence-corrected chi connectivity index (χ2v) is 10.2. The van der Waals surface area contributed by atoms with E-state index in [1.165, 1.54) is 10.7 Å². The Labute approximate surface area is 239 Å². The van der Waals surface area contributed by atoms with Crippen LogP contribution < -0.4 is 15.2 Å². The highest BCUT2D eigenvalue weighted by atomic mass is 19.4. The van der Waals surface area contributed by atoms with E-state index < -0.39 is 17.3 Å². The highest BCUT2D eigenvalue weighted by Gasteiger charge is 2.33. The first kappa shape index (κ1) is 29.0. The first-order chi connectivity index (χ1) is 20.2. The smallest absolute Gasteiger partial charge is 0.419 e. The second-order valence-electron chi connectivity index (χ2n) is 10.2. The van der Waals surface area contributed by atoms with Gasteiger partial charge < -0.3 is 14.5 Å². The lowest BCUT2D eigenvalue weighted by Crippen LogP contribution is -2.51. The molecule has 0 saturated carbocycles. The molecule has 2 fully saturated rings. The summed E-state index contributed by atoms with van der Waals surface area (Å²) in [6.45, 7) is 2.54. The van der Waals surface area contributed by atoms with Crippen molar-refractivity contribution in [2.45, 2.75) is 31.6 Å². The molecule has 4 heterocycles. The predicted octanol–water partition coefficient (Wildman–Crippen LogP) is 2.47. The summed E-state index contributed by atoms with van der Waals surface area (Å²) in [6.07, 6.45) is -1.42. The molecule has 11 nitrogen and oxygen atoms in total. The van der Waals surface area contributed by atoms with E-state index >= 15 is 0 Å². The molecule has 14 heteroatoms. The highest BCUT2D eigenvalue weighted by Crippen LogP contribution is 2.31. The molecule has 0 radical (unpaired) electrons. The number of nitriles is 1. The summed E-state index contributed by atoms with van der Waals surface area (Å²) >= 11 is 0. The van der Waals surface area contributed by atoms with Crippen LogP contribution >= 0.6 is 0 Å². The Bertz CT molecular complexity index is 1510. The maximum atomic E-state index is 13.2. The van der Waals surface area contributed by atoms with E-state index in [-0.39, 0.29) is 36.6 Å². The van der Waals surface area contributed by atoms with Gasteiger partial charge in [0.15, 0.2) is 0 Å². The van der Waals surface area contributed by atoms with Crippen LogP contribution in [0.25, 0.3) is 0 Å². The average Bonchev–Trinajstić information content (AvgIpc) is 3.46. The summed E-state index contributed by atoms with van der Waals surface area (Å²) < 4.78 is 44.9. The van der Waals surface area contributed by atoms with E-state index in [4.69, 9.17) is 4.74 Å². The number of ether oxygens (including phenoxy) is 1. The molecule has 0 aliphatic carbocycles. The predicted molar refractivity (Wildman–Crippen MR) is 145 cm³/mol. The molecule has 42 heavy (non-hydrogen) atoms. The summed E-state index contributed by atoms with van der Waals surface area (Å²) in [5, 5.41) is 14.2. The standard InChI is InChI=1S/C28H29F3N8O3/c1-42-22-6-4-19(5-7-22)17-39-26(41)20(14-32)13-23(35-39)24-3-2-8-38(24)18-25(40)36-9-11-37(12-10-36)27-33-15-21(16-34-27)28(29,30)31/h4-7,13,15-16,24H,2-3,8-12,17-18H2,1H3. The summed E-state index contributed by atoms with van der Waals surface area (Å²) in [5.74, 6) is 0.798. The van der Waals surface area contributed by atoms with E-state index in [9.17, 15) is 28.0 Å². The Kier molecular flexibility index (Phi) is 8.39. The van der Waals surface area contributed by atoms with Crippen molar-refractivity contribution in [1.29, 1.82) is 5.26 Å². The highest BCUT2D eigenvalue weighted by molar-refractivity contribution is 5.78. The van der Waals surface area contributed by atoms with Gasteiger partial charge >= 0.3 is 6.18 Å². The van der Waals surface area contributed by atoms with Crippen molar-refractivity contribution in [2.24, 2.45) is 0 Å². The number of carbonyl (C=O) groups is 1. The lowest BCUT2D eigenvalue weighted by Gasteiger charge is -2.36. The van der Waals surface area contributed by atoms with Crippen LogP contribution in [0.1, 0.15) is 41.3 Å². The number of rotatable bonds is 7.